The molecule has 2 aliphatic rings. The monoisotopic (exact) mass is 312 g/mol. The van der Waals surface area contributed by atoms with E-state index in [0.717, 1.165) is 67.7 Å². The Morgan fingerprint density at radius 2 is 1.91 bits per heavy atom. The number of hydrogen-bond acceptors (Lipinski definition) is 3. The normalized spacial score (nSPS) is 24.7. The number of hydrogen-bond donors (Lipinski definition) is 1. The van der Waals surface area contributed by atoms with Gasteiger partial charge in [0.1, 0.15) is 12.4 Å². The van der Waals surface area contributed by atoms with Gasteiger partial charge in [0.25, 0.3) is 0 Å². The molecule has 122 valence electrons. The van der Waals surface area contributed by atoms with Crippen LogP contribution in [0.1, 0.15) is 18.7 Å². The highest BCUT2D eigenvalue weighted by Gasteiger charge is 2.31. The van der Waals surface area contributed by atoms with E-state index in [1.165, 1.54) is 0 Å². The Balaban J connectivity index is 1.50. The number of rotatable bonds is 2. The summed E-state index contributed by atoms with van der Waals surface area (Å²) in [5.74, 6) is 2.65. The number of benzene rings is 1. The third-order valence-electron chi connectivity index (χ3n) is 5.51. The van der Waals surface area contributed by atoms with E-state index in [9.17, 15) is 4.79 Å². The lowest BCUT2D eigenvalue weighted by Gasteiger charge is -2.21. The zero-order chi connectivity index (χ0) is 15.8. The molecule has 0 radical (unpaired) electrons. The van der Waals surface area contributed by atoms with Crippen molar-refractivity contribution in [3.63, 3.8) is 0 Å². The third kappa shape index (κ3) is 2.74. The van der Waals surface area contributed by atoms with Gasteiger partial charge in [0.2, 0.25) is 5.91 Å². The highest BCUT2D eigenvalue weighted by Crippen LogP contribution is 2.27. The molecule has 0 spiro atoms. The van der Waals surface area contributed by atoms with Crippen molar-refractivity contribution in [2.24, 2.45) is 11.8 Å². The lowest BCUT2D eigenvalue weighted by atomic mass is 9.92. The summed E-state index contributed by atoms with van der Waals surface area (Å²) in [4.78, 5) is 19.4. The van der Waals surface area contributed by atoms with Crippen LogP contribution in [0.2, 0.25) is 0 Å². The van der Waals surface area contributed by atoms with Gasteiger partial charge in [-0.05, 0) is 56.8 Å². The smallest absolute Gasteiger partial charge is 0.242 e. The summed E-state index contributed by atoms with van der Waals surface area (Å²) >= 11 is 0. The molecule has 0 unspecified atom stereocenters. The number of carbonyl (C=O) groups is 1. The topological polar surface area (TPSA) is 50.2 Å². The summed E-state index contributed by atoms with van der Waals surface area (Å²) in [5.41, 5.74) is 2.02. The highest BCUT2D eigenvalue weighted by molar-refractivity contribution is 5.81. The summed E-state index contributed by atoms with van der Waals surface area (Å²) in [6.45, 7) is 6.42. The van der Waals surface area contributed by atoms with Gasteiger partial charge in [-0.15, -0.1) is 0 Å². The lowest BCUT2D eigenvalue weighted by Crippen LogP contribution is -2.35. The van der Waals surface area contributed by atoms with Crippen LogP contribution in [0, 0.1) is 18.8 Å². The first-order valence-corrected chi connectivity index (χ1v) is 8.63. The Hall–Kier alpha value is -1.88. The van der Waals surface area contributed by atoms with Crippen molar-refractivity contribution in [2.45, 2.75) is 26.3 Å². The van der Waals surface area contributed by atoms with E-state index in [-0.39, 0.29) is 5.91 Å². The van der Waals surface area contributed by atoms with Crippen LogP contribution >= 0.6 is 0 Å². The molecule has 5 heteroatoms. The van der Waals surface area contributed by atoms with Crippen LogP contribution in [0.3, 0.4) is 0 Å². The van der Waals surface area contributed by atoms with E-state index in [2.05, 4.69) is 15.2 Å². The maximum atomic E-state index is 12.8. The van der Waals surface area contributed by atoms with Gasteiger partial charge >= 0.3 is 0 Å². The second kappa shape index (κ2) is 5.96. The summed E-state index contributed by atoms with van der Waals surface area (Å²) in [6, 6.07) is 8.04. The molecule has 2 fully saturated rings. The molecule has 1 amide bonds. The second-order valence-corrected chi connectivity index (χ2v) is 6.87. The Kier molecular flexibility index (Phi) is 3.81. The van der Waals surface area contributed by atoms with E-state index in [1.807, 2.05) is 35.8 Å². The Morgan fingerprint density at radius 3 is 2.65 bits per heavy atom. The van der Waals surface area contributed by atoms with Crippen molar-refractivity contribution in [1.82, 2.24) is 19.8 Å². The van der Waals surface area contributed by atoms with E-state index in [4.69, 9.17) is 0 Å². The van der Waals surface area contributed by atoms with E-state index in [0.29, 0.717) is 6.54 Å². The number of imidazole rings is 1. The first-order valence-electron chi connectivity index (χ1n) is 8.63. The van der Waals surface area contributed by atoms with Gasteiger partial charge in [0.15, 0.2) is 0 Å². The number of amides is 1. The largest absolute Gasteiger partial charge is 0.341 e. The molecule has 2 aromatic rings. The third-order valence-corrected chi connectivity index (χ3v) is 5.51. The molecule has 1 N–H and O–H groups in total. The number of nitrogens with one attached hydrogen (secondary N) is 1. The molecule has 2 saturated heterocycles. The van der Waals surface area contributed by atoms with Crippen molar-refractivity contribution in [3.05, 3.63) is 30.1 Å². The number of nitrogens with zero attached hydrogens (tertiary/aromatic N) is 3. The van der Waals surface area contributed by atoms with Gasteiger partial charge in [0, 0.05) is 13.1 Å². The molecule has 1 aromatic carbocycles. The molecule has 4 rings (SSSR count). The minimum atomic E-state index is 0.226. The molecular weight excluding hydrogens is 288 g/mol. The highest BCUT2D eigenvalue weighted by atomic mass is 16.2. The number of aromatic nitrogens is 2. The summed E-state index contributed by atoms with van der Waals surface area (Å²) in [5, 5.41) is 3.48. The average Bonchev–Trinajstić information content (AvgIpc) is 3.06. The van der Waals surface area contributed by atoms with Crippen LogP contribution < -0.4 is 5.32 Å². The summed E-state index contributed by atoms with van der Waals surface area (Å²) in [6.07, 6.45) is 2.26. The number of carbonyl (C=O) groups excluding carboxylic acids is 1. The Morgan fingerprint density at radius 1 is 1.22 bits per heavy atom. The lowest BCUT2D eigenvalue weighted by molar-refractivity contribution is -0.131. The summed E-state index contributed by atoms with van der Waals surface area (Å²) < 4.78 is 2.05. The molecule has 1 aromatic heterocycles. The maximum absolute atomic E-state index is 12.8. The fourth-order valence-corrected chi connectivity index (χ4v) is 4.10. The second-order valence-electron chi connectivity index (χ2n) is 6.87. The van der Waals surface area contributed by atoms with Crippen molar-refractivity contribution < 1.29 is 4.79 Å². The van der Waals surface area contributed by atoms with Gasteiger partial charge in [-0.2, -0.15) is 0 Å². The van der Waals surface area contributed by atoms with Gasteiger partial charge in [-0.1, -0.05) is 12.1 Å². The zero-order valence-corrected chi connectivity index (χ0v) is 13.7. The van der Waals surface area contributed by atoms with Crippen LogP contribution in [-0.2, 0) is 11.3 Å². The predicted molar refractivity (Wildman–Crippen MR) is 90.1 cm³/mol. The fraction of sp³-hybridized carbons (Fsp3) is 0.556. The van der Waals surface area contributed by atoms with Gasteiger partial charge in [-0.25, -0.2) is 4.98 Å². The molecule has 23 heavy (non-hydrogen) atoms. The van der Waals surface area contributed by atoms with Crippen molar-refractivity contribution in [3.8, 4) is 0 Å². The van der Waals surface area contributed by atoms with Crippen LogP contribution in [0.5, 0.6) is 0 Å². The van der Waals surface area contributed by atoms with Crippen LogP contribution in [0.25, 0.3) is 11.0 Å². The standard InChI is InChI=1S/C18H24N4O/c1-13-20-16-4-2-3-5-17(16)22(13)12-18(23)21-8-6-14-10-19-11-15(14)7-9-21/h2-5,14-15,19H,6-12H2,1H3/t14-,15+. The van der Waals surface area contributed by atoms with Gasteiger partial charge < -0.3 is 14.8 Å². The number of fused-ring (bicyclic) bond motifs is 2. The van der Waals surface area contributed by atoms with Crippen molar-refractivity contribution in [2.75, 3.05) is 26.2 Å². The first kappa shape index (κ1) is 14.7. The number of likely N-dealkylation sites (tertiary alicyclic amines) is 1. The first-order chi connectivity index (χ1) is 11.2. The van der Waals surface area contributed by atoms with Crippen molar-refractivity contribution in [1.29, 1.82) is 0 Å². The van der Waals surface area contributed by atoms with Crippen LogP contribution in [-0.4, -0.2) is 46.5 Å². The Bertz CT molecular complexity index is 709. The SMILES string of the molecule is Cc1nc2ccccc2n1CC(=O)N1CC[C@@H]2CNC[C@@H]2CC1. The number of aryl methyl sites for hydroxylation is 1. The van der Waals surface area contributed by atoms with E-state index < -0.39 is 0 Å². The molecule has 5 nitrogen and oxygen atoms in total. The van der Waals surface area contributed by atoms with Gasteiger partial charge in [-0.3, -0.25) is 4.79 Å². The molecule has 2 atom stereocenters. The number of para-hydroxylation sites is 2. The predicted octanol–water partition coefficient (Wildman–Crippen LogP) is 1.80. The minimum absolute atomic E-state index is 0.226. The molecule has 3 heterocycles. The average molecular weight is 312 g/mol. The van der Waals surface area contributed by atoms with Crippen LogP contribution in [0.15, 0.2) is 24.3 Å². The summed E-state index contributed by atoms with van der Waals surface area (Å²) in [7, 11) is 0. The molecule has 0 saturated carbocycles. The van der Waals surface area contributed by atoms with Crippen molar-refractivity contribution >= 4 is 16.9 Å². The molecular formula is C18H24N4O. The van der Waals surface area contributed by atoms with Crippen LogP contribution in [0.4, 0.5) is 0 Å². The fourth-order valence-electron chi connectivity index (χ4n) is 4.10. The van der Waals surface area contributed by atoms with E-state index >= 15 is 0 Å². The quantitative estimate of drug-likeness (QED) is 0.920. The zero-order valence-electron chi connectivity index (χ0n) is 13.7. The van der Waals surface area contributed by atoms with E-state index in [1.54, 1.807) is 0 Å². The molecule has 2 aliphatic heterocycles. The maximum Gasteiger partial charge on any atom is 0.242 e. The molecule has 0 bridgehead atoms. The molecule has 0 aliphatic carbocycles. The Labute approximate surface area is 136 Å². The minimum Gasteiger partial charge on any atom is -0.341 e. The van der Waals surface area contributed by atoms with Gasteiger partial charge in [0.05, 0.1) is 11.0 Å².